The quantitative estimate of drug-likeness (QED) is 0.178. The van der Waals surface area contributed by atoms with Gasteiger partial charge in [-0.15, -0.1) is 0 Å². The molecule has 4 saturated heterocycles. The summed E-state index contributed by atoms with van der Waals surface area (Å²) in [6, 6.07) is 12.7. The van der Waals surface area contributed by atoms with Crippen molar-refractivity contribution in [3.63, 3.8) is 0 Å². The molecule has 3 amide bonds. The monoisotopic (exact) mass is 813 g/mol. The molecule has 1 saturated carbocycles. The molecule has 4 aliphatic heterocycles. The Morgan fingerprint density at radius 1 is 0.966 bits per heavy atom. The third kappa shape index (κ3) is 7.07. The zero-order valence-electron chi connectivity index (χ0n) is 33.0. The Hall–Kier alpha value is -5.55. The molecule has 3 unspecified atom stereocenters. The average Bonchev–Trinajstić information content (AvgIpc) is 3.73. The van der Waals surface area contributed by atoms with Gasteiger partial charge in [-0.1, -0.05) is 12.1 Å². The Kier molecular flexibility index (Phi) is 9.45. The summed E-state index contributed by atoms with van der Waals surface area (Å²) in [5.74, 6) is -1.05. The summed E-state index contributed by atoms with van der Waals surface area (Å²) in [5, 5.41) is 21.7. The normalized spacial score (nSPS) is 24.1. The fourth-order valence-electron chi connectivity index (χ4n) is 9.77. The van der Waals surface area contributed by atoms with Gasteiger partial charge in [0.25, 0.3) is 5.91 Å². The van der Waals surface area contributed by atoms with Gasteiger partial charge < -0.3 is 15.3 Å². The van der Waals surface area contributed by atoms with Gasteiger partial charge in [0.1, 0.15) is 17.4 Å². The van der Waals surface area contributed by atoms with Crippen LogP contribution in [0.3, 0.4) is 0 Å². The van der Waals surface area contributed by atoms with Crippen LogP contribution in [0.15, 0.2) is 59.5 Å². The Balaban J connectivity index is 0.848. The molecule has 1 aliphatic carbocycles. The second-order valence-electron chi connectivity index (χ2n) is 17.1. The molecule has 14 nitrogen and oxygen atoms in total. The SMILES string of the molecule is Cn1c(=O)n(C2CCC(=O)NC2=O)c2cccc(N3CC4CC(C3)N4CC3CCC(n4cc5cc(NC(=O)c6cccc(C(F)(F)F)n6)c(C(C)(C)O)cc5n4)CC3)c21. The van der Waals surface area contributed by atoms with Gasteiger partial charge in [0.15, 0.2) is 0 Å². The Bertz CT molecular complexity index is 2550. The van der Waals surface area contributed by atoms with Crippen LogP contribution in [0.4, 0.5) is 24.5 Å². The number of nitrogens with zero attached hydrogens (tertiary/aromatic N) is 7. The largest absolute Gasteiger partial charge is 0.433 e. The van der Waals surface area contributed by atoms with E-state index in [0.29, 0.717) is 41.0 Å². The molecule has 5 fully saturated rings. The molecule has 310 valence electrons. The number of benzene rings is 2. The van der Waals surface area contributed by atoms with Crippen LogP contribution in [0.25, 0.3) is 21.9 Å². The van der Waals surface area contributed by atoms with E-state index >= 15 is 0 Å². The lowest BCUT2D eigenvalue weighted by Gasteiger charge is -2.58. The predicted molar refractivity (Wildman–Crippen MR) is 213 cm³/mol. The first kappa shape index (κ1) is 38.9. The highest BCUT2D eigenvalue weighted by Crippen LogP contribution is 2.41. The topological polar surface area (TPSA) is 160 Å². The van der Waals surface area contributed by atoms with Crippen molar-refractivity contribution >= 4 is 51.0 Å². The number of anilines is 2. The second-order valence-corrected chi connectivity index (χ2v) is 17.1. The highest BCUT2D eigenvalue weighted by atomic mass is 19.4. The van der Waals surface area contributed by atoms with Crippen molar-refractivity contribution in [2.24, 2.45) is 13.0 Å². The number of carbonyl (C=O) groups is 3. The number of pyridine rings is 1. The van der Waals surface area contributed by atoms with Gasteiger partial charge in [-0.05, 0) is 94.7 Å². The molecule has 17 heteroatoms. The third-order valence-electron chi connectivity index (χ3n) is 12.8. The molecule has 2 aromatic carbocycles. The summed E-state index contributed by atoms with van der Waals surface area (Å²) >= 11 is 0. The second kappa shape index (κ2) is 14.3. The van der Waals surface area contributed by atoms with Crippen LogP contribution in [0.5, 0.6) is 0 Å². The molecule has 5 aliphatic rings. The summed E-state index contributed by atoms with van der Waals surface area (Å²) in [7, 11) is 1.74. The van der Waals surface area contributed by atoms with Gasteiger partial charge >= 0.3 is 11.9 Å². The van der Waals surface area contributed by atoms with Crippen LogP contribution in [-0.4, -0.2) is 83.3 Å². The lowest BCUT2D eigenvalue weighted by atomic mass is 9.81. The molecule has 2 bridgehead atoms. The number of rotatable bonds is 8. The third-order valence-corrected chi connectivity index (χ3v) is 12.8. The van der Waals surface area contributed by atoms with Crippen LogP contribution in [0, 0.1) is 5.92 Å². The molecular weight excluding hydrogens is 768 g/mol. The number of hydrogen-bond donors (Lipinski definition) is 3. The van der Waals surface area contributed by atoms with Crippen LogP contribution in [0.1, 0.15) is 92.6 Å². The number of carbonyl (C=O) groups excluding carboxylic acids is 3. The molecule has 3 atom stereocenters. The molecule has 3 aromatic heterocycles. The van der Waals surface area contributed by atoms with Crippen LogP contribution in [-0.2, 0) is 28.4 Å². The Labute approximate surface area is 337 Å². The number of para-hydroxylation sites is 1. The number of aliphatic hydroxyl groups is 1. The fourth-order valence-corrected chi connectivity index (χ4v) is 9.77. The van der Waals surface area contributed by atoms with Crippen LogP contribution < -0.4 is 21.2 Å². The number of nitrogens with one attached hydrogen (secondary N) is 2. The summed E-state index contributed by atoms with van der Waals surface area (Å²) in [4.78, 5) is 59.7. The number of aromatic nitrogens is 5. The first-order chi connectivity index (χ1) is 28.0. The van der Waals surface area contributed by atoms with Gasteiger partial charge in [0, 0.05) is 68.0 Å². The number of fused-ring (bicyclic) bond motifs is 4. The lowest BCUT2D eigenvalue weighted by molar-refractivity contribution is -0.141. The fraction of sp³-hybridized carbons (Fsp3) is 0.476. The summed E-state index contributed by atoms with van der Waals surface area (Å²) < 4.78 is 44.9. The predicted octanol–water partition coefficient (Wildman–Crippen LogP) is 5.26. The number of imide groups is 1. The van der Waals surface area contributed by atoms with E-state index in [9.17, 15) is 37.5 Å². The molecule has 7 heterocycles. The van der Waals surface area contributed by atoms with Gasteiger partial charge in [-0.2, -0.15) is 18.3 Å². The summed E-state index contributed by atoms with van der Waals surface area (Å²) in [6.07, 6.45) is 2.80. The average molecular weight is 814 g/mol. The number of piperazine rings is 1. The van der Waals surface area contributed by atoms with Crippen molar-refractivity contribution in [2.75, 3.05) is 29.9 Å². The van der Waals surface area contributed by atoms with E-state index in [0.717, 1.165) is 80.5 Å². The van der Waals surface area contributed by atoms with Gasteiger partial charge in [-0.25, -0.2) is 9.78 Å². The number of alkyl halides is 3. The minimum Gasteiger partial charge on any atom is -0.386 e. The number of halogens is 3. The van der Waals surface area contributed by atoms with Crippen molar-refractivity contribution in [1.29, 1.82) is 0 Å². The summed E-state index contributed by atoms with van der Waals surface area (Å²) in [6.45, 7) is 5.84. The molecule has 59 heavy (non-hydrogen) atoms. The highest BCUT2D eigenvalue weighted by molar-refractivity contribution is 6.04. The number of amides is 3. The van der Waals surface area contributed by atoms with E-state index in [1.54, 1.807) is 37.6 Å². The maximum Gasteiger partial charge on any atom is 0.433 e. The van der Waals surface area contributed by atoms with E-state index in [2.05, 4.69) is 25.4 Å². The van der Waals surface area contributed by atoms with Crippen molar-refractivity contribution < 1.29 is 32.7 Å². The number of imidazole rings is 1. The van der Waals surface area contributed by atoms with Crippen molar-refractivity contribution in [3.05, 3.63) is 82.2 Å². The maximum atomic E-state index is 13.5. The first-order valence-corrected chi connectivity index (χ1v) is 20.2. The minimum atomic E-state index is -4.70. The molecule has 5 aromatic rings. The number of aryl methyl sites for hydroxylation is 1. The van der Waals surface area contributed by atoms with Crippen molar-refractivity contribution in [1.82, 2.24) is 34.1 Å². The smallest absolute Gasteiger partial charge is 0.386 e. The van der Waals surface area contributed by atoms with E-state index in [-0.39, 0.29) is 29.7 Å². The molecule has 0 spiro atoms. The minimum absolute atomic E-state index is 0.169. The maximum absolute atomic E-state index is 13.5. The highest BCUT2D eigenvalue weighted by Gasteiger charge is 2.46. The standard InChI is InChI=1S/C42H46F3N9O5/c1-41(2,59)28-18-30-24(16-31(28)47-38(56)29-6-4-9-35(46-29)42(43,44)45)20-53(49-30)25-12-10-23(11-13-25)19-52-26-17-27(52)22-51(21-26)32-7-5-8-33-37(32)50(3)40(58)54(33)34-14-15-36(55)48-39(34)57/h4-9,16,18,20,23,25-27,34,59H,10-15,17,19,21-22H2,1-3H3,(H,47,56)(H,48,55,57). The van der Waals surface area contributed by atoms with E-state index in [1.165, 1.54) is 10.6 Å². The van der Waals surface area contributed by atoms with E-state index in [1.807, 2.05) is 29.1 Å². The lowest BCUT2D eigenvalue weighted by Crippen LogP contribution is -2.69. The van der Waals surface area contributed by atoms with Gasteiger partial charge in [0.05, 0.1) is 33.9 Å². The van der Waals surface area contributed by atoms with Crippen LogP contribution >= 0.6 is 0 Å². The summed E-state index contributed by atoms with van der Waals surface area (Å²) in [5.41, 5.74) is 0.536. The van der Waals surface area contributed by atoms with Gasteiger partial charge in [0.2, 0.25) is 11.8 Å². The number of piperidine rings is 2. The zero-order chi connectivity index (χ0) is 41.5. The Morgan fingerprint density at radius 3 is 2.39 bits per heavy atom. The van der Waals surface area contributed by atoms with Crippen molar-refractivity contribution in [2.45, 2.75) is 94.7 Å². The molecule has 10 rings (SSSR count). The Morgan fingerprint density at radius 2 is 1.69 bits per heavy atom. The first-order valence-electron chi connectivity index (χ1n) is 20.2. The van der Waals surface area contributed by atoms with E-state index in [4.69, 9.17) is 5.10 Å². The van der Waals surface area contributed by atoms with Crippen LogP contribution in [0.2, 0.25) is 0 Å². The van der Waals surface area contributed by atoms with E-state index < -0.39 is 41.0 Å². The zero-order valence-corrected chi connectivity index (χ0v) is 33.0. The number of hydrogen-bond acceptors (Lipinski definition) is 9. The van der Waals surface area contributed by atoms with Gasteiger partial charge in [-0.3, -0.25) is 38.4 Å². The molecule has 3 N–H and O–H groups in total. The van der Waals surface area contributed by atoms with Crippen molar-refractivity contribution in [3.8, 4) is 0 Å². The molecular formula is C42H46F3N9O5. The molecule has 0 radical (unpaired) electrons.